The summed E-state index contributed by atoms with van der Waals surface area (Å²) in [5.41, 5.74) is -1.42. The summed E-state index contributed by atoms with van der Waals surface area (Å²) in [5.74, 6) is -7.82. The van der Waals surface area contributed by atoms with Gasteiger partial charge in [0.15, 0.2) is 23.3 Å². The minimum absolute atomic E-state index is 0.0945. The average molecular weight is 333 g/mol. The maximum atomic E-state index is 13.5. The average Bonchev–Trinajstić information content (AvgIpc) is 3.04. The van der Waals surface area contributed by atoms with Gasteiger partial charge in [-0.15, -0.1) is 0 Å². The summed E-state index contributed by atoms with van der Waals surface area (Å²) in [6, 6.07) is 0.0945. The molecule has 1 aliphatic rings. The predicted molar refractivity (Wildman–Crippen MR) is 72.3 cm³/mol. The van der Waals surface area contributed by atoms with Crippen LogP contribution in [0.4, 0.5) is 17.6 Å². The van der Waals surface area contributed by atoms with Crippen molar-refractivity contribution in [2.75, 3.05) is 7.11 Å². The molecule has 1 fully saturated rings. The second-order valence-electron chi connectivity index (χ2n) is 5.82. The first-order valence-electron chi connectivity index (χ1n) is 6.77. The Morgan fingerprint density at radius 2 is 1.83 bits per heavy atom. The highest BCUT2D eigenvalue weighted by Crippen LogP contribution is 2.57. The van der Waals surface area contributed by atoms with Crippen molar-refractivity contribution in [3.8, 4) is 0 Å². The quantitative estimate of drug-likeness (QED) is 0.273. The summed E-state index contributed by atoms with van der Waals surface area (Å²) in [6.07, 6.45) is 1.44. The van der Waals surface area contributed by atoms with Crippen molar-refractivity contribution in [2.45, 2.75) is 20.5 Å². The van der Waals surface area contributed by atoms with Gasteiger partial charge in [0.1, 0.15) is 13.7 Å². The fourth-order valence-electron chi connectivity index (χ4n) is 2.51. The van der Waals surface area contributed by atoms with Gasteiger partial charge in [-0.3, -0.25) is 4.79 Å². The molecule has 0 bridgehead atoms. The second-order valence-corrected chi connectivity index (χ2v) is 5.82. The maximum Gasteiger partial charge on any atom is 0.310 e. The molecule has 0 spiro atoms. The normalized spacial score (nSPS) is 22.2. The number of oxime groups is 1. The first-order valence-corrected chi connectivity index (χ1v) is 6.77. The molecule has 0 heterocycles. The van der Waals surface area contributed by atoms with Crippen molar-refractivity contribution in [2.24, 2.45) is 22.4 Å². The van der Waals surface area contributed by atoms with E-state index in [2.05, 4.69) is 9.99 Å². The number of carbonyl (C=O) groups is 1. The molecule has 0 aliphatic heterocycles. The van der Waals surface area contributed by atoms with Gasteiger partial charge in [-0.05, 0) is 5.41 Å². The van der Waals surface area contributed by atoms with E-state index in [9.17, 15) is 22.4 Å². The van der Waals surface area contributed by atoms with E-state index < -0.39 is 52.7 Å². The highest BCUT2D eigenvalue weighted by molar-refractivity contribution is 5.85. The van der Waals surface area contributed by atoms with E-state index in [0.29, 0.717) is 0 Å². The number of nitrogens with zero attached hydrogens (tertiary/aromatic N) is 1. The third kappa shape index (κ3) is 3.16. The van der Waals surface area contributed by atoms with Crippen LogP contribution in [0.3, 0.4) is 0 Å². The van der Waals surface area contributed by atoms with Crippen LogP contribution in [0.1, 0.15) is 19.4 Å². The van der Waals surface area contributed by atoms with E-state index in [-0.39, 0.29) is 12.0 Å². The standard InChI is InChI=1S/C15H15F4NO3/c1-15(2)8(5-20-22-3)11(15)14(21)23-6-7-12(18)9(16)4-10(17)13(7)19/h4-5,8,11H,6H2,1-3H3/b20-5+/t8-,11+/m1/s1. The van der Waals surface area contributed by atoms with Crippen LogP contribution in [0.5, 0.6) is 0 Å². The minimum atomic E-state index is -1.58. The van der Waals surface area contributed by atoms with Gasteiger partial charge in [0.2, 0.25) is 0 Å². The smallest absolute Gasteiger partial charge is 0.310 e. The number of ether oxygens (including phenoxy) is 1. The zero-order valence-electron chi connectivity index (χ0n) is 12.7. The first kappa shape index (κ1) is 17.2. The van der Waals surface area contributed by atoms with Gasteiger partial charge in [0, 0.05) is 18.2 Å². The Morgan fingerprint density at radius 1 is 1.26 bits per heavy atom. The fourth-order valence-corrected chi connectivity index (χ4v) is 2.51. The molecule has 0 saturated heterocycles. The second kappa shape index (κ2) is 6.17. The molecule has 8 heteroatoms. The zero-order chi connectivity index (χ0) is 17.4. The van der Waals surface area contributed by atoms with E-state index in [4.69, 9.17) is 4.74 Å². The van der Waals surface area contributed by atoms with E-state index in [1.807, 2.05) is 0 Å². The summed E-state index contributed by atoms with van der Waals surface area (Å²) < 4.78 is 58.0. The third-order valence-corrected chi connectivity index (χ3v) is 4.05. The monoisotopic (exact) mass is 333 g/mol. The van der Waals surface area contributed by atoms with Crippen LogP contribution in [0.25, 0.3) is 0 Å². The molecule has 0 unspecified atom stereocenters. The Morgan fingerprint density at radius 3 is 2.35 bits per heavy atom. The van der Waals surface area contributed by atoms with Crippen molar-refractivity contribution in [1.29, 1.82) is 0 Å². The van der Waals surface area contributed by atoms with Crippen LogP contribution in [-0.2, 0) is 21.0 Å². The molecule has 1 aromatic carbocycles. The first-order chi connectivity index (χ1) is 10.7. The van der Waals surface area contributed by atoms with Crippen molar-refractivity contribution in [3.63, 3.8) is 0 Å². The van der Waals surface area contributed by atoms with Gasteiger partial charge in [-0.1, -0.05) is 19.0 Å². The lowest BCUT2D eigenvalue weighted by Gasteiger charge is -2.09. The molecule has 2 atom stereocenters. The summed E-state index contributed by atoms with van der Waals surface area (Å²) in [4.78, 5) is 16.5. The van der Waals surface area contributed by atoms with Crippen molar-refractivity contribution >= 4 is 12.2 Å². The van der Waals surface area contributed by atoms with Crippen LogP contribution in [-0.4, -0.2) is 19.3 Å². The van der Waals surface area contributed by atoms with Gasteiger partial charge >= 0.3 is 5.97 Å². The topological polar surface area (TPSA) is 47.9 Å². The van der Waals surface area contributed by atoms with Crippen molar-refractivity contribution in [3.05, 3.63) is 34.9 Å². The number of hydrogen-bond acceptors (Lipinski definition) is 4. The molecule has 23 heavy (non-hydrogen) atoms. The molecule has 0 amide bonds. The Hall–Kier alpha value is -2.12. The SMILES string of the molecule is CO/N=C/[C@@H]1[C@@H](C(=O)OCc2c(F)c(F)cc(F)c2F)C1(C)C. The lowest BCUT2D eigenvalue weighted by Crippen LogP contribution is -2.13. The summed E-state index contributed by atoms with van der Waals surface area (Å²) in [5, 5.41) is 3.58. The van der Waals surface area contributed by atoms with Gasteiger partial charge in [-0.25, -0.2) is 17.6 Å². The Bertz CT molecular complexity index is 634. The van der Waals surface area contributed by atoms with Gasteiger partial charge in [0.05, 0.1) is 11.5 Å². The number of carbonyl (C=O) groups excluding carboxylic acids is 1. The zero-order valence-corrected chi connectivity index (χ0v) is 12.7. The van der Waals surface area contributed by atoms with Crippen LogP contribution in [0.2, 0.25) is 0 Å². The molecule has 2 rings (SSSR count). The highest BCUT2D eigenvalue weighted by atomic mass is 19.2. The van der Waals surface area contributed by atoms with Crippen LogP contribution in [0, 0.1) is 40.5 Å². The Labute approximate surface area is 130 Å². The molecule has 1 aliphatic carbocycles. The highest BCUT2D eigenvalue weighted by Gasteiger charge is 2.62. The van der Waals surface area contributed by atoms with Gasteiger partial charge in [0.25, 0.3) is 0 Å². The molecule has 0 radical (unpaired) electrons. The lowest BCUT2D eigenvalue weighted by molar-refractivity contribution is -0.147. The summed E-state index contributed by atoms with van der Waals surface area (Å²) in [6.45, 7) is 2.68. The van der Waals surface area contributed by atoms with E-state index in [0.717, 1.165) is 0 Å². The maximum absolute atomic E-state index is 13.5. The molecular formula is C15H15F4NO3. The van der Waals surface area contributed by atoms with Crippen LogP contribution < -0.4 is 0 Å². The van der Waals surface area contributed by atoms with Gasteiger partial charge < -0.3 is 9.57 Å². The number of halogens is 4. The van der Waals surface area contributed by atoms with Crippen molar-refractivity contribution < 1.29 is 31.9 Å². The minimum Gasteiger partial charge on any atom is -0.460 e. The number of hydrogen-bond donors (Lipinski definition) is 0. The number of benzene rings is 1. The molecule has 4 nitrogen and oxygen atoms in total. The summed E-state index contributed by atoms with van der Waals surface area (Å²) in [7, 11) is 1.35. The number of rotatable bonds is 5. The molecule has 0 aromatic heterocycles. The Kier molecular flexibility index (Phi) is 4.63. The Balaban J connectivity index is 2.08. The molecule has 1 aromatic rings. The molecule has 1 saturated carbocycles. The number of esters is 1. The van der Waals surface area contributed by atoms with Crippen LogP contribution in [0.15, 0.2) is 11.2 Å². The van der Waals surface area contributed by atoms with E-state index >= 15 is 0 Å². The largest absolute Gasteiger partial charge is 0.460 e. The van der Waals surface area contributed by atoms with Crippen molar-refractivity contribution in [1.82, 2.24) is 0 Å². The lowest BCUT2D eigenvalue weighted by atomic mass is 10.1. The molecule has 126 valence electrons. The third-order valence-electron chi connectivity index (χ3n) is 4.05. The van der Waals surface area contributed by atoms with E-state index in [1.54, 1.807) is 13.8 Å². The fraction of sp³-hybridized carbons (Fsp3) is 0.467. The van der Waals surface area contributed by atoms with Gasteiger partial charge in [-0.2, -0.15) is 0 Å². The molecule has 0 N–H and O–H groups in total. The summed E-state index contributed by atoms with van der Waals surface area (Å²) >= 11 is 0. The van der Waals surface area contributed by atoms with Crippen LogP contribution >= 0.6 is 0 Å². The molecular weight excluding hydrogens is 318 g/mol. The predicted octanol–water partition coefficient (Wildman–Crippen LogP) is 3.19. The van der Waals surface area contributed by atoms with E-state index in [1.165, 1.54) is 13.3 Å².